The molecule has 2 aromatic rings. The van der Waals surface area contributed by atoms with Crippen LogP contribution in [-0.4, -0.2) is 65.1 Å². The Balaban J connectivity index is 1.81. The van der Waals surface area contributed by atoms with Gasteiger partial charge in [0.15, 0.2) is 5.16 Å². The van der Waals surface area contributed by atoms with Crippen molar-refractivity contribution >= 4 is 35.4 Å². The van der Waals surface area contributed by atoms with Gasteiger partial charge in [0.05, 0.1) is 25.9 Å². The van der Waals surface area contributed by atoms with Crippen molar-refractivity contribution in [1.29, 1.82) is 0 Å². The van der Waals surface area contributed by atoms with E-state index >= 15 is 0 Å². The van der Waals surface area contributed by atoms with Crippen LogP contribution in [0.5, 0.6) is 5.75 Å². The van der Waals surface area contributed by atoms with Gasteiger partial charge in [0.25, 0.3) is 6.43 Å². The molecule has 0 fully saturated rings. The summed E-state index contributed by atoms with van der Waals surface area (Å²) in [6, 6.07) is 4.79. The maximum atomic E-state index is 13.7. The monoisotopic (exact) mass is 521 g/mol. The Morgan fingerprint density at radius 3 is 2.67 bits per heavy atom. The van der Waals surface area contributed by atoms with Crippen LogP contribution in [0.1, 0.15) is 38.3 Å². The van der Waals surface area contributed by atoms with Crippen LogP contribution in [-0.2, 0) is 17.7 Å². The third kappa shape index (κ3) is 5.04. The lowest BCUT2D eigenvalue weighted by Gasteiger charge is -2.46. The average Bonchev–Trinajstić information content (AvgIpc) is 2.82. The summed E-state index contributed by atoms with van der Waals surface area (Å²) in [4.78, 5) is 39.6. The highest BCUT2D eigenvalue weighted by Gasteiger charge is 2.45. The van der Waals surface area contributed by atoms with E-state index in [0.717, 1.165) is 10.5 Å². The summed E-state index contributed by atoms with van der Waals surface area (Å²) in [5.41, 5.74) is 1.07. The number of amides is 3. The van der Waals surface area contributed by atoms with Crippen LogP contribution >= 0.6 is 11.8 Å². The standard InChI is InChI=1S/C24H29F2N5O4S/c1-24(2,3)35-23(33)31-18(10-9-14-7-6-8-16(34-4)19(14)31)29-12-15-11-27-21(36-5)28-20(15)30(22(29)32)13-17(25)26/h6-8,11,17-18H,9-10,12-13H2,1-5H3. The van der Waals surface area contributed by atoms with Crippen LogP contribution in [0.3, 0.4) is 0 Å². The lowest BCUT2D eigenvalue weighted by atomic mass is 9.97. The largest absolute Gasteiger partial charge is 0.495 e. The molecule has 36 heavy (non-hydrogen) atoms. The van der Waals surface area contributed by atoms with Gasteiger partial charge in [0.1, 0.15) is 23.3 Å². The number of carbonyl (C=O) groups excluding carboxylic acids is 2. The van der Waals surface area contributed by atoms with Crippen molar-refractivity contribution in [1.82, 2.24) is 14.9 Å². The molecule has 12 heteroatoms. The number of para-hydroxylation sites is 1. The molecule has 1 aromatic heterocycles. The molecule has 3 heterocycles. The van der Waals surface area contributed by atoms with E-state index in [1.807, 2.05) is 12.1 Å². The second-order valence-corrected chi connectivity index (χ2v) is 10.2. The molecule has 0 spiro atoms. The number of aryl methyl sites for hydroxylation is 1. The first-order chi connectivity index (χ1) is 17.0. The number of hydrogen-bond acceptors (Lipinski definition) is 7. The van der Waals surface area contributed by atoms with Crippen molar-refractivity contribution < 1.29 is 27.8 Å². The first-order valence-corrected chi connectivity index (χ1v) is 12.7. The van der Waals surface area contributed by atoms with E-state index in [1.165, 1.54) is 28.7 Å². The fourth-order valence-corrected chi connectivity index (χ4v) is 4.78. The van der Waals surface area contributed by atoms with Gasteiger partial charge in [-0.1, -0.05) is 23.9 Å². The number of hydrogen-bond donors (Lipinski definition) is 0. The lowest BCUT2D eigenvalue weighted by Crippen LogP contribution is -2.61. The topological polar surface area (TPSA) is 88.1 Å². The number of benzene rings is 1. The predicted octanol–water partition coefficient (Wildman–Crippen LogP) is 4.93. The first-order valence-electron chi connectivity index (χ1n) is 11.5. The molecule has 2 aliphatic rings. The van der Waals surface area contributed by atoms with Crippen LogP contribution in [0.15, 0.2) is 29.6 Å². The molecule has 4 rings (SSSR count). The zero-order valence-corrected chi connectivity index (χ0v) is 21.6. The number of carbonyl (C=O) groups is 2. The molecule has 3 amide bonds. The smallest absolute Gasteiger partial charge is 0.416 e. The SMILES string of the molecule is COc1cccc2c1N(C(=O)OC(C)(C)C)C(N1Cc3cnc(SC)nc3N(CC(F)F)C1=O)CC2. The molecule has 0 bridgehead atoms. The van der Waals surface area contributed by atoms with Gasteiger partial charge in [-0.05, 0) is 51.5 Å². The number of fused-ring (bicyclic) bond motifs is 2. The maximum Gasteiger partial charge on any atom is 0.416 e. The number of aromatic nitrogens is 2. The second kappa shape index (κ2) is 10.1. The summed E-state index contributed by atoms with van der Waals surface area (Å²) >= 11 is 1.25. The van der Waals surface area contributed by atoms with Crippen molar-refractivity contribution in [3.05, 3.63) is 35.5 Å². The van der Waals surface area contributed by atoms with Crippen LogP contribution < -0.4 is 14.5 Å². The first kappa shape index (κ1) is 25.9. The van der Waals surface area contributed by atoms with E-state index in [9.17, 15) is 18.4 Å². The Morgan fingerprint density at radius 2 is 2.03 bits per heavy atom. The minimum Gasteiger partial charge on any atom is -0.495 e. The van der Waals surface area contributed by atoms with Gasteiger partial charge in [-0.2, -0.15) is 0 Å². The summed E-state index contributed by atoms with van der Waals surface area (Å²) in [5.74, 6) is 0.610. The van der Waals surface area contributed by atoms with Crippen LogP contribution in [0.2, 0.25) is 0 Å². The summed E-state index contributed by atoms with van der Waals surface area (Å²) in [6.45, 7) is 4.48. The molecule has 0 saturated heterocycles. The molecule has 1 atom stereocenters. The Hall–Kier alpha value is -3.15. The minimum absolute atomic E-state index is 0.0526. The van der Waals surface area contributed by atoms with Crippen molar-refractivity contribution in [2.45, 2.75) is 63.5 Å². The highest BCUT2D eigenvalue weighted by atomic mass is 32.2. The molecule has 0 saturated carbocycles. The number of nitrogens with zero attached hydrogens (tertiary/aromatic N) is 5. The Kier molecular flexibility index (Phi) is 7.26. The number of alkyl halides is 2. The van der Waals surface area contributed by atoms with Crippen molar-refractivity contribution in [3.8, 4) is 5.75 Å². The van der Waals surface area contributed by atoms with Crippen molar-refractivity contribution in [2.24, 2.45) is 0 Å². The maximum absolute atomic E-state index is 13.7. The van der Waals surface area contributed by atoms with Crippen LogP contribution in [0.4, 0.5) is 29.9 Å². The number of ether oxygens (including phenoxy) is 2. The predicted molar refractivity (Wildman–Crippen MR) is 132 cm³/mol. The summed E-state index contributed by atoms with van der Waals surface area (Å²) < 4.78 is 38.4. The molecule has 194 valence electrons. The second-order valence-electron chi connectivity index (χ2n) is 9.46. The van der Waals surface area contributed by atoms with Gasteiger partial charge >= 0.3 is 12.1 Å². The fraction of sp³-hybridized carbons (Fsp3) is 0.500. The van der Waals surface area contributed by atoms with E-state index < -0.39 is 36.9 Å². The van der Waals surface area contributed by atoms with Crippen molar-refractivity contribution in [3.63, 3.8) is 0 Å². The fourth-order valence-electron chi connectivity index (χ4n) is 4.45. The zero-order chi connectivity index (χ0) is 26.2. The van der Waals surface area contributed by atoms with E-state index in [1.54, 1.807) is 39.3 Å². The van der Waals surface area contributed by atoms with Gasteiger partial charge in [0.2, 0.25) is 0 Å². The molecular formula is C24H29F2N5O4S. The van der Waals surface area contributed by atoms with Gasteiger partial charge < -0.3 is 9.47 Å². The van der Waals surface area contributed by atoms with Gasteiger partial charge in [-0.3, -0.25) is 14.7 Å². The van der Waals surface area contributed by atoms with Gasteiger partial charge in [-0.15, -0.1) is 0 Å². The molecule has 2 aliphatic heterocycles. The lowest BCUT2D eigenvalue weighted by molar-refractivity contribution is 0.0509. The van der Waals surface area contributed by atoms with Crippen molar-refractivity contribution in [2.75, 3.05) is 29.7 Å². The summed E-state index contributed by atoms with van der Waals surface area (Å²) in [7, 11) is 1.50. The van der Waals surface area contributed by atoms with Crippen LogP contribution in [0.25, 0.3) is 0 Å². The zero-order valence-electron chi connectivity index (χ0n) is 20.8. The minimum atomic E-state index is -2.77. The molecule has 0 N–H and O–H groups in total. The Labute approximate surface area is 212 Å². The molecule has 1 aromatic carbocycles. The summed E-state index contributed by atoms with van der Waals surface area (Å²) in [6.07, 6.45) is -0.00112. The highest BCUT2D eigenvalue weighted by Crippen LogP contribution is 2.42. The number of urea groups is 1. The van der Waals surface area contributed by atoms with Gasteiger partial charge in [-0.25, -0.2) is 28.3 Å². The van der Waals surface area contributed by atoms with E-state index in [0.29, 0.717) is 35.0 Å². The summed E-state index contributed by atoms with van der Waals surface area (Å²) in [5, 5.41) is 0.376. The van der Waals surface area contributed by atoms with E-state index in [-0.39, 0.29) is 12.4 Å². The average molecular weight is 522 g/mol. The third-order valence-electron chi connectivity index (χ3n) is 5.86. The Morgan fingerprint density at radius 1 is 1.28 bits per heavy atom. The normalized spacial score (nSPS) is 17.7. The number of methoxy groups -OCH3 is 1. The third-order valence-corrected chi connectivity index (χ3v) is 6.42. The molecule has 0 radical (unpaired) electrons. The molecular weight excluding hydrogens is 492 g/mol. The van der Waals surface area contributed by atoms with E-state index in [4.69, 9.17) is 9.47 Å². The quantitative estimate of drug-likeness (QED) is 0.407. The molecule has 1 unspecified atom stereocenters. The Bertz CT molecular complexity index is 1150. The molecule has 9 nitrogen and oxygen atoms in total. The van der Waals surface area contributed by atoms with E-state index in [2.05, 4.69) is 9.97 Å². The van der Waals surface area contributed by atoms with Gasteiger partial charge in [0, 0.05) is 11.8 Å². The highest BCUT2D eigenvalue weighted by molar-refractivity contribution is 7.98. The molecule has 0 aliphatic carbocycles. The number of halogens is 2. The number of thioether (sulfide) groups is 1. The number of rotatable bonds is 5. The van der Waals surface area contributed by atoms with Crippen LogP contribution in [0, 0.1) is 0 Å². The number of anilines is 2.